The van der Waals surface area contributed by atoms with Crippen molar-refractivity contribution in [3.8, 4) is 0 Å². The Balaban J connectivity index is 2.53. The van der Waals surface area contributed by atoms with E-state index in [0.717, 1.165) is 19.4 Å². The summed E-state index contributed by atoms with van der Waals surface area (Å²) in [6, 6.07) is 4.48. The molecule has 0 aliphatic carbocycles. The molecule has 0 spiro atoms. The number of rotatable bonds is 10. The minimum Gasteiger partial charge on any atom is -0.381 e. The molecule has 0 aliphatic heterocycles. The average Bonchev–Trinajstić information content (AvgIpc) is 2.53. The number of nitro groups is 1. The molecule has 0 atom stereocenters. The topological polar surface area (TPSA) is 84.7 Å². The van der Waals surface area contributed by atoms with Crippen molar-refractivity contribution >= 4 is 17.3 Å². The molecule has 0 unspecified atom stereocenters. The van der Waals surface area contributed by atoms with Gasteiger partial charge in [-0.15, -0.1) is 0 Å². The first kappa shape index (κ1) is 18.9. The van der Waals surface area contributed by atoms with Gasteiger partial charge in [-0.05, 0) is 25.0 Å². The summed E-state index contributed by atoms with van der Waals surface area (Å²) >= 11 is 0. The third kappa shape index (κ3) is 6.23. The van der Waals surface area contributed by atoms with Gasteiger partial charge in [0.05, 0.1) is 4.92 Å². The van der Waals surface area contributed by atoms with Gasteiger partial charge in [-0.3, -0.25) is 14.9 Å². The normalized spacial score (nSPS) is 10.4. The number of hydrogen-bond donors (Lipinski definition) is 1. The first-order chi connectivity index (χ1) is 11.0. The Labute approximate surface area is 136 Å². The SMILES string of the molecule is CCCCOCCCNC(=O)c1ccc(N(C)C)c([N+](=O)[O-])c1. The second-order valence-electron chi connectivity index (χ2n) is 5.43. The van der Waals surface area contributed by atoms with Crippen molar-refractivity contribution in [1.29, 1.82) is 0 Å². The van der Waals surface area contributed by atoms with Gasteiger partial charge in [-0.1, -0.05) is 13.3 Å². The van der Waals surface area contributed by atoms with Gasteiger partial charge >= 0.3 is 0 Å². The number of nitro benzene ring substituents is 1. The summed E-state index contributed by atoms with van der Waals surface area (Å²) in [4.78, 5) is 24.3. The standard InChI is InChI=1S/C16H25N3O4/c1-4-5-10-23-11-6-9-17-16(20)13-7-8-14(18(2)3)15(12-13)19(21)22/h7-8,12H,4-6,9-11H2,1-3H3,(H,17,20). The van der Waals surface area contributed by atoms with Gasteiger partial charge in [0.2, 0.25) is 0 Å². The molecule has 7 nitrogen and oxygen atoms in total. The largest absolute Gasteiger partial charge is 0.381 e. The van der Waals surface area contributed by atoms with Crippen LogP contribution in [0.25, 0.3) is 0 Å². The molecule has 0 bridgehead atoms. The van der Waals surface area contributed by atoms with Gasteiger partial charge in [0.1, 0.15) is 5.69 Å². The van der Waals surface area contributed by atoms with E-state index in [1.54, 1.807) is 31.1 Å². The number of benzene rings is 1. The van der Waals surface area contributed by atoms with Crippen LogP contribution in [0.2, 0.25) is 0 Å². The maximum absolute atomic E-state index is 12.0. The second kappa shape index (κ2) is 9.78. The fourth-order valence-electron chi connectivity index (χ4n) is 2.02. The summed E-state index contributed by atoms with van der Waals surface area (Å²) in [5.41, 5.74) is 0.677. The quantitative estimate of drug-likeness (QED) is 0.406. The number of anilines is 1. The molecule has 1 rings (SSSR count). The van der Waals surface area contributed by atoms with E-state index < -0.39 is 4.92 Å². The van der Waals surface area contributed by atoms with Crippen LogP contribution in [0.1, 0.15) is 36.5 Å². The molecule has 0 aromatic heterocycles. The Kier molecular flexibility index (Phi) is 8.04. The van der Waals surface area contributed by atoms with Crippen molar-refractivity contribution in [2.75, 3.05) is 38.8 Å². The van der Waals surface area contributed by atoms with Gasteiger partial charge in [0, 0.05) is 45.5 Å². The van der Waals surface area contributed by atoms with Crippen LogP contribution >= 0.6 is 0 Å². The van der Waals surface area contributed by atoms with Gasteiger partial charge < -0.3 is 15.0 Å². The van der Waals surface area contributed by atoms with E-state index >= 15 is 0 Å². The van der Waals surface area contributed by atoms with Crippen LogP contribution in [0, 0.1) is 10.1 Å². The molecule has 0 aliphatic rings. The Morgan fingerprint density at radius 2 is 2.00 bits per heavy atom. The fraction of sp³-hybridized carbons (Fsp3) is 0.562. The Morgan fingerprint density at radius 1 is 1.30 bits per heavy atom. The Hall–Kier alpha value is -2.15. The van der Waals surface area contributed by atoms with Crippen molar-refractivity contribution in [2.45, 2.75) is 26.2 Å². The highest BCUT2D eigenvalue weighted by Gasteiger charge is 2.18. The number of ether oxygens (including phenoxy) is 1. The summed E-state index contributed by atoms with van der Waals surface area (Å²) in [7, 11) is 3.45. The van der Waals surface area contributed by atoms with Crippen LogP contribution in [0.15, 0.2) is 18.2 Å². The molecule has 7 heteroatoms. The number of amides is 1. The maximum atomic E-state index is 12.0. The molecule has 128 valence electrons. The van der Waals surface area contributed by atoms with Crippen molar-refractivity contribution in [2.24, 2.45) is 0 Å². The third-order valence-corrected chi connectivity index (χ3v) is 3.31. The van der Waals surface area contributed by atoms with Crippen LogP contribution in [0.3, 0.4) is 0 Å². The highest BCUT2D eigenvalue weighted by Crippen LogP contribution is 2.27. The van der Waals surface area contributed by atoms with Gasteiger partial charge in [0.15, 0.2) is 0 Å². The van der Waals surface area contributed by atoms with Gasteiger partial charge in [-0.25, -0.2) is 0 Å². The number of nitrogens with one attached hydrogen (secondary N) is 1. The monoisotopic (exact) mass is 323 g/mol. The molecule has 0 heterocycles. The van der Waals surface area contributed by atoms with E-state index in [1.165, 1.54) is 6.07 Å². The smallest absolute Gasteiger partial charge is 0.293 e. The summed E-state index contributed by atoms with van der Waals surface area (Å²) in [6.07, 6.45) is 2.85. The first-order valence-electron chi connectivity index (χ1n) is 7.79. The molecule has 1 aromatic carbocycles. The van der Waals surface area contributed by atoms with E-state index in [1.807, 2.05) is 0 Å². The van der Waals surface area contributed by atoms with Gasteiger partial charge in [-0.2, -0.15) is 0 Å². The lowest BCUT2D eigenvalue weighted by Gasteiger charge is -2.13. The van der Waals surface area contributed by atoms with E-state index in [2.05, 4.69) is 12.2 Å². The summed E-state index contributed by atoms with van der Waals surface area (Å²) in [5.74, 6) is -0.313. The van der Waals surface area contributed by atoms with Crippen molar-refractivity contribution < 1.29 is 14.5 Å². The molecule has 1 aromatic rings. The van der Waals surface area contributed by atoms with E-state index in [-0.39, 0.29) is 17.2 Å². The predicted molar refractivity (Wildman–Crippen MR) is 90.1 cm³/mol. The zero-order valence-corrected chi connectivity index (χ0v) is 14.0. The molecular weight excluding hydrogens is 298 g/mol. The number of unbranched alkanes of at least 4 members (excludes halogenated alkanes) is 1. The molecule has 0 fully saturated rings. The molecule has 0 saturated heterocycles. The second-order valence-corrected chi connectivity index (χ2v) is 5.43. The molecule has 1 N–H and O–H groups in total. The average molecular weight is 323 g/mol. The zero-order valence-electron chi connectivity index (χ0n) is 14.0. The van der Waals surface area contributed by atoms with E-state index in [9.17, 15) is 14.9 Å². The predicted octanol–water partition coefficient (Wildman–Crippen LogP) is 2.60. The Bertz CT molecular complexity index is 532. The minimum absolute atomic E-state index is 0.0782. The lowest BCUT2D eigenvalue weighted by Crippen LogP contribution is -2.25. The Morgan fingerprint density at radius 3 is 2.61 bits per heavy atom. The van der Waals surface area contributed by atoms with Gasteiger partial charge in [0.25, 0.3) is 11.6 Å². The number of nitrogens with zero attached hydrogens (tertiary/aromatic N) is 2. The van der Waals surface area contributed by atoms with Crippen molar-refractivity contribution in [3.05, 3.63) is 33.9 Å². The fourth-order valence-corrected chi connectivity index (χ4v) is 2.02. The lowest BCUT2D eigenvalue weighted by molar-refractivity contribution is -0.384. The first-order valence-corrected chi connectivity index (χ1v) is 7.79. The summed E-state index contributed by atoms with van der Waals surface area (Å²) in [5, 5.41) is 13.9. The maximum Gasteiger partial charge on any atom is 0.293 e. The number of carbonyl (C=O) groups excluding carboxylic acids is 1. The van der Waals surface area contributed by atoms with Crippen LogP contribution in [0.5, 0.6) is 0 Å². The van der Waals surface area contributed by atoms with Crippen LogP contribution < -0.4 is 10.2 Å². The molecule has 1 amide bonds. The lowest BCUT2D eigenvalue weighted by atomic mass is 10.1. The number of carbonyl (C=O) groups is 1. The van der Waals surface area contributed by atoms with Crippen LogP contribution in [-0.4, -0.2) is 44.7 Å². The van der Waals surface area contributed by atoms with Crippen LogP contribution in [0.4, 0.5) is 11.4 Å². The molecular formula is C16H25N3O4. The minimum atomic E-state index is -0.478. The van der Waals surface area contributed by atoms with Crippen molar-refractivity contribution in [3.63, 3.8) is 0 Å². The summed E-state index contributed by atoms with van der Waals surface area (Å²) in [6.45, 7) is 3.92. The van der Waals surface area contributed by atoms with E-state index in [4.69, 9.17) is 4.74 Å². The highest BCUT2D eigenvalue weighted by molar-refractivity contribution is 5.95. The molecule has 0 radical (unpaired) electrons. The highest BCUT2D eigenvalue weighted by atomic mass is 16.6. The third-order valence-electron chi connectivity index (χ3n) is 3.31. The van der Waals surface area contributed by atoms with E-state index in [0.29, 0.717) is 25.3 Å². The zero-order chi connectivity index (χ0) is 17.2. The molecule has 0 saturated carbocycles. The van der Waals surface area contributed by atoms with Crippen LogP contribution in [-0.2, 0) is 4.74 Å². The van der Waals surface area contributed by atoms with Crippen molar-refractivity contribution in [1.82, 2.24) is 5.32 Å². The molecule has 23 heavy (non-hydrogen) atoms. The summed E-state index contributed by atoms with van der Waals surface area (Å²) < 4.78 is 5.41. The number of hydrogen-bond acceptors (Lipinski definition) is 5.